The monoisotopic (exact) mass is 503 g/mol. The van der Waals surface area contributed by atoms with Gasteiger partial charge in [-0.25, -0.2) is 9.67 Å². The lowest BCUT2D eigenvalue weighted by Gasteiger charge is -2.29. The lowest BCUT2D eigenvalue weighted by molar-refractivity contribution is -0.186. The van der Waals surface area contributed by atoms with Crippen molar-refractivity contribution in [3.8, 4) is 11.5 Å². The Hall–Kier alpha value is -2.25. The summed E-state index contributed by atoms with van der Waals surface area (Å²) < 4.78 is 51.2. The molecule has 2 atom stereocenters. The third-order valence-electron chi connectivity index (χ3n) is 4.18. The van der Waals surface area contributed by atoms with Crippen LogP contribution in [0.4, 0.5) is 0 Å². The molecule has 4 rings (SSSR count). The largest absolute Gasteiger partial charge is 0.457 e. The highest BCUT2D eigenvalue weighted by Gasteiger charge is 2.44. The Labute approximate surface area is 194 Å². The molecule has 10 nitrogen and oxygen atoms in total. The molecule has 1 aliphatic heterocycles. The number of benzene rings is 2. The molecule has 0 amide bonds. The zero-order valence-corrected chi connectivity index (χ0v) is 19.0. The first-order valence-electron chi connectivity index (χ1n) is 9.11. The van der Waals surface area contributed by atoms with E-state index in [1.165, 1.54) is 6.33 Å². The van der Waals surface area contributed by atoms with Crippen LogP contribution in [0.3, 0.4) is 0 Å². The molecule has 0 aliphatic carbocycles. The average molecular weight is 504 g/mol. The molecular formula is C19H19Cl2N3O7S. The molecular weight excluding hydrogens is 485 g/mol. The van der Waals surface area contributed by atoms with Gasteiger partial charge in [-0.05, 0) is 49.4 Å². The van der Waals surface area contributed by atoms with E-state index in [1.54, 1.807) is 41.3 Å². The smallest absolute Gasteiger partial charge is 0.394 e. The van der Waals surface area contributed by atoms with Crippen LogP contribution in [0.15, 0.2) is 55.1 Å². The number of ether oxygens (including phenoxy) is 3. The zero-order valence-electron chi connectivity index (χ0n) is 16.6. The van der Waals surface area contributed by atoms with Crippen molar-refractivity contribution < 1.29 is 31.7 Å². The van der Waals surface area contributed by atoms with Gasteiger partial charge in [-0.15, -0.1) is 0 Å². The number of hydrogen-bond acceptors (Lipinski definition) is 7. The maximum absolute atomic E-state index is 8.74. The fraction of sp³-hybridized carbons (Fsp3) is 0.263. The van der Waals surface area contributed by atoms with Gasteiger partial charge in [-0.3, -0.25) is 9.11 Å². The number of rotatable bonds is 5. The van der Waals surface area contributed by atoms with Crippen LogP contribution in [0.25, 0.3) is 0 Å². The van der Waals surface area contributed by atoms with E-state index < -0.39 is 16.2 Å². The first-order valence-corrected chi connectivity index (χ1v) is 11.3. The lowest BCUT2D eigenvalue weighted by Crippen LogP contribution is -2.34. The standard InChI is InChI=1S/C19H17Cl2N3O3.H2O4S/c1-13-9-25-19(27-13,10-24-12-22-11-23-24)17-7-6-16(8-18(17)21)26-15-4-2-14(20)3-5-15;1-5(2,3)4/h2-8,11-13H,9-10H2,1H3;(H2,1,2,3,4)/t13-,19-;/m0./s1. The molecule has 1 fully saturated rings. The molecule has 1 aliphatic rings. The van der Waals surface area contributed by atoms with Crippen molar-refractivity contribution in [1.82, 2.24) is 14.8 Å². The molecule has 32 heavy (non-hydrogen) atoms. The van der Waals surface area contributed by atoms with Gasteiger partial charge in [0.1, 0.15) is 30.7 Å². The average Bonchev–Trinajstić information content (AvgIpc) is 3.33. The molecule has 13 heteroatoms. The molecule has 172 valence electrons. The second-order valence-electron chi connectivity index (χ2n) is 6.73. The zero-order chi connectivity index (χ0) is 23.4. The molecule has 0 saturated carbocycles. The summed E-state index contributed by atoms with van der Waals surface area (Å²) >= 11 is 12.5. The summed E-state index contributed by atoms with van der Waals surface area (Å²) in [6, 6.07) is 12.5. The molecule has 2 aromatic carbocycles. The third kappa shape index (κ3) is 6.87. The van der Waals surface area contributed by atoms with Crippen LogP contribution in [0.5, 0.6) is 11.5 Å². The Morgan fingerprint density at radius 1 is 1.19 bits per heavy atom. The van der Waals surface area contributed by atoms with E-state index in [4.69, 9.17) is 54.9 Å². The molecule has 1 saturated heterocycles. The predicted molar refractivity (Wildman–Crippen MR) is 115 cm³/mol. The molecule has 2 N–H and O–H groups in total. The van der Waals surface area contributed by atoms with Gasteiger partial charge in [0.2, 0.25) is 5.79 Å². The van der Waals surface area contributed by atoms with Gasteiger partial charge in [0.05, 0.1) is 17.7 Å². The minimum Gasteiger partial charge on any atom is -0.457 e. The van der Waals surface area contributed by atoms with Crippen molar-refractivity contribution in [3.05, 3.63) is 70.7 Å². The number of halogens is 2. The lowest BCUT2D eigenvalue weighted by atomic mass is 10.1. The summed E-state index contributed by atoms with van der Waals surface area (Å²) in [7, 11) is -4.67. The van der Waals surface area contributed by atoms with Gasteiger partial charge >= 0.3 is 10.4 Å². The molecule has 0 unspecified atom stereocenters. The van der Waals surface area contributed by atoms with E-state index in [9.17, 15) is 0 Å². The van der Waals surface area contributed by atoms with E-state index in [0.29, 0.717) is 40.3 Å². The quantitative estimate of drug-likeness (QED) is 0.495. The minimum absolute atomic E-state index is 0.0606. The van der Waals surface area contributed by atoms with Crippen molar-refractivity contribution in [2.24, 2.45) is 0 Å². The van der Waals surface area contributed by atoms with E-state index in [2.05, 4.69) is 10.1 Å². The second-order valence-corrected chi connectivity index (χ2v) is 8.47. The van der Waals surface area contributed by atoms with Gasteiger partial charge < -0.3 is 14.2 Å². The summed E-state index contributed by atoms with van der Waals surface area (Å²) in [4.78, 5) is 3.98. The van der Waals surface area contributed by atoms with Crippen LogP contribution >= 0.6 is 23.2 Å². The van der Waals surface area contributed by atoms with Crippen molar-refractivity contribution in [3.63, 3.8) is 0 Å². The van der Waals surface area contributed by atoms with Crippen molar-refractivity contribution in [1.29, 1.82) is 0 Å². The molecule has 0 spiro atoms. The molecule has 0 radical (unpaired) electrons. The van der Waals surface area contributed by atoms with Gasteiger partial charge in [-0.1, -0.05) is 23.2 Å². The second kappa shape index (κ2) is 10.1. The fourth-order valence-electron chi connectivity index (χ4n) is 2.99. The molecule has 0 bridgehead atoms. The topological polar surface area (TPSA) is 133 Å². The summed E-state index contributed by atoms with van der Waals surface area (Å²) in [5.74, 6) is 0.249. The van der Waals surface area contributed by atoms with Crippen molar-refractivity contribution in [2.45, 2.75) is 25.4 Å². The first-order chi connectivity index (χ1) is 15.0. The van der Waals surface area contributed by atoms with Crippen LogP contribution in [0, 0.1) is 0 Å². The van der Waals surface area contributed by atoms with E-state index in [0.717, 1.165) is 0 Å². The third-order valence-corrected chi connectivity index (χ3v) is 4.74. The number of aromatic nitrogens is 3. The Kier molecular flexibility index (Phi) is 7.72. The van der Waals surface area contributed by atoms with Crippen LogP contribution in [-0.4, -0.2) is 45.0 Å². The van der Waals surface area contributed by atoms with Crippen LogP contribution in [0.1, 0.15) is 12.5 Å². The number of nitrogens with zero attached hydrogens (tertiary/aromatic N) is 3. The maximum atomic E-state index is 8.74. The van der Waals surface area contributed by atoms with Crippen molar-refractivity contribution in [2.75, 3.05) is 6.61 Å². The normalized spacial score (nSPS) is 20.5. The molecule has 2 heterocycles. The molecule has 1 aromatic heterocycles. The van der Waals surface area contributed by atoms with Gasteiger partial charge in [0.25, 0.3) is 0 Å². The van der Waals surface area contributed by atoms with Crippen molar-refractivity contribution >= 4 is 33.6 Å². The fourth-order valence-corrected chi connectivity index (χ4v) is 3.43. The Balaban J connectivity index is 0.000000523. The summed E-state index contributed by atoms with van der Waals surface area (Å²) in [6.45, 7) is 2.76. The maximum Gasteiger partial charge on any atom is 0.394 e. The predicted octanol–water partition coefficient (Wildman–Crippen LogP) is 4.01. The Morgan fingerprint density at radius 2 is 1.84 bits per heavy atom. The van der Waals surface area contributed by atoms with E-state index >= 15 is 0 Å². The van der Waals surface area contributed by atoms with Gasteiger partial charge in [-0.2, -0.15) is 13.5 Å². The van der Waals surface area contributed by atoms with E-state index in [-0.39, 0.29) is 6.10 Å². The SMILES string of the molecule is C[C@H]1CO[C@](Cn2cncn2)(c2ccc(Oc3ccc(Cl)cc3)cc2Cl)O1.O=S(=O)(O)O. The first kappa shape index (κ1) is 24.4. The van der Waals surface area contributed by atoms with Gasteiger partial charge in [0.15, 0.2) is 0 Å². The highest BCUT2D eigenvalue weighted by molar-refractivity contribution is 7.79. The van der Waals surface area contributed by atoms with Crippen LogP contribution < -0.4 is 4.74 Å². The van der Waals surface area contributed by atoms with Crippen LogP contribution in [-0.2, 0) is 32.2 Å². The summed E-state index contributed by atoms with van der Waals surface area (Å²) in [6.07, 6.45) is 3.02. The number of hydrogen-bond donors (Lipinski definition) is 2. The molecule has 3 aromatic rings. The van der Waals surface area contributed by atoms with Crippen LogP contribution in [0.2, 0.25) is 10.0 Å². The Morgan fingerprint density at radius 3 is 2.38 bits per heavy atom. The highest BCUT2D eigenvalue weighted by Crippen LogP contribution is 2.41. The summed E-state index contributed by atoms with van der Waals surface area (Å²) in [5, 5.41) is 5.28. The minimum atomic E-state index is -4.67. The van der Waals surface area contributed by atoms with E-state index in [1.807, 2.05) is 19.1 Å². The Bertz CT molecular complexity index is 1140. The summed E-state index contributed by atoms with van der Waals surface area (Å²) in [5.41, 5.74) is 0.715. The highest BCUT2D eigenvalue weighted by atomic mass is 35.5. The van der Waals surface area contributed by atoms with Gasteiger partial charge in [0, 0.05) is 10.6 Å².